The Kier molecular flexibility index (Phi) is 5.95. The zero-order valence-corrected chi connectivity index (χ0v) is 15.0. The third-order valence-corrected chi connectivity index (χ3v) is 5.13. The maximum absolute atomic E-state index is 12.2. The first-order valence-electron chi connectivity index (χ1n) is 8.71. The first kappa shape index (κ1) is 17.8. The van der Waals surface area contributed by atoms with E-state index in [1.165, 1.54) is 5.56 Å². The molecule has 0 unspecified atom stereocenters. The van der Waals surface area contributed by atoms with Crippen LogP contribution >= 0.6 is 11.6 Å². The molecule has 0 radical (unpaired) electrons. The number of nitrogens with zero attached hydrogens (tertiary/aromatic N) is 1. The van der Waals surface area contributed by atoms with Gasteiger partial charge < -0.3 is 11.1 Å². The summed E-state index contributed by atoms with van der Waals surface area (Å²) in [6.45, 7) is 3.67. The average molecular weight is 358 g/mol. The van der Waals surface area contributed by atoms with Crippen LogP contribution in [0.25, 0.3) is 0 Å². The molecule has 0 bridgehead atoms. The Hall–Kier alpha value is -2.04. The molecule has 1 aliphatic heterocycles. The number of amides is 1. The van der Waals surface area contributed by atoms with E-state index in [2.05, 4.69) is 16.3 Å². The van der Waals surface area contributed by atoms with Gasteiger partial charge in [0.15, 0.2) is 0 Å². The van der Waals surface area contributed by atoms with E-state index in [-0.39, 0.29) is 5.91 Å². The van der Waals surface area contributed by atoms with Crippen molar-refractivity contribution in [1.29, 1.82) is 0 Å². The lowest BCUT2D eigenvalue weighted by Crippen LogP contribution is -2.38. The van der Waals surface area contributed by atoms with E-state index in [9.17, 15) is 4.79 Å². The van der Waals surface area contributed by atoms with Crippen molar-refractivity contribution in [2.45, 2.75) is 19.4 Å². The topological polar surface area (TPSA) is 58.4 Å². The van der Waals surface area contributed by atoms with Gasteiger partial charge in [-0.15, -0.1) is 0 Å². The van der Waals surface area contributed by atoms with Gasteiger partial charge in [0.1, 0.15) is 0 Å². The smallest absolute Gasteiger partial charge is 0.251 e. The van der Waals surface area contributed by atoms with Crippen LogP contribution in [0.1, 0.15) is 28.8 Å². The van der Waals surface area contributed by atoms with Crippen LogP contribution in [-0.2, 0) is 6.54 Å². The minimum absolute atomic E-state index is 0.0502. The number of carbonyl (C=O) groups excluding carboxylic acids is 1. The Bertz CT molecular complexity index is 726. The molecule has 1 amide bonds. The van der Waals surface area contributed by atoms with E-state index in [1.54, 1.807) is 24.3 Å². The second-order valence-corrected chi connectivity index (χ2v) is 7.05. The van der Waals surface area contributed by atoms with Crippen molar-refractivity contribution in [3.8, 4) is 0 Å². The molecule has 2 aromatic carbocycles. The summed E-state index contributed by atoms with van der Waals surface area (Å²) in [5, 5.41) is 3.87. The molecule has 1 heterocycles. The number of rotatable bonds is 5. The van der Waals surface area contributed by atoms with Gasteiger partial charge in [-0.05, 0) is 61.7 Å². The van der Waals surface area contributed by atoms with E-state index in [0.29, 0.717) is 23.7 Å². The van der Waals surface area contributed by atoms with Gasteiger partial charge in [-0.1, -0.05) is 35.9 Å². The van der Waals surface area contributed by atoms with Gasteiger partial charge in [0.25, 0.3) is 5.91 Å². The van der Waals surface area contributed by atoms with E-state index >= 15 is 0 Å². The fourth-order valence-corrected chi connectivity index (χ4v) is 3.43. The molecule has 3 N–H and O–H groups in total. The summed E-state index contributed by atoms with van der Waals surface area (Å²) in [7, 11) is 0. The first-order chi connectivity index (χ1) is 12.1. The fraction of sp³-hybridized carbons (Fsp3) is 0.350. The van der Waals surface area contributed by atoms with Gasteiger partial charge in [-0.25, -0.2) is 0 Å². The summed E-state index contributed by atoms with van der Waals surface area (Å²) >= 11 is 6.24. The van der Waals surface area contributed by atoms with Gasteiger partial charge >= 0.3 is 0 Å². The summed E-state index contributed by atoms with van der Waals surface area (Å²) < 4.78 is 0. The molecule has 3 rings (SSSR count). The summed E-state index contributed by atoms with van der Waals surface area (Å²) in [5.74, 6) is 0.471. The number of nitrogens with two attached hydrogens (primary N) is 1. The van der Waals surface area contributed by atoms with Crippen molar-refractivity contribution >= 4 is 23.2 Å². The number of likely N-dealkylation sites (tertiary alicyclic amines) is 1. The van der Waals surface area contributed by atoms with Crippen molar-refractivity contribution in [2.24, 2.45) is 5.92 Å². The number of benzene rings is 2. The van der Waals surface area contributed by atoms with Crippen LogP contribution in [0, 0.1) is 5.92 Å². The first-order valence-corrected chi connectivity index (χ1v) is 9.09. The Morgan fingerprint density at radius 3 is 2.64 bits per heavy atom. The Labute approximate surface area is 154 Å². The van der Waals surface area contributed by atoms with Crippen LogP contribution in [-0.4, -0.2) is 30.4 Å². The van der Waals surface area contributed by atoms with Crippen molar-refractivity contribution < 1.29 is 4.79 Å². The highest BCUT2D eigenvalue weighted by Crippen LogP contribution is 2.22. The molecule has 2 aromatic rings. The fourth-order valence-electron chi connectivity index (χ4n) is 3.24. The molecule has 1 saturated heterocycles. The van der Waals surface area contributed by atoms with Crippen LogP contribution in [0.15, 0.2) is 48.5 Å². The normalized spacial score (nSPS) is 15.9. The lowest BCUT2D eigenvalue weighted by atomic mass is 9.96. The minimum atomic E-state index is -0.0502. The number of carbonyl (C=O) groups is 1. The summed E-state index contributed by atoms with van der Waals surface area (Å²) in [6.07, 6.45) is 2.17. The Morgan fingerprint density at radius 1 is 1.16 bits per heavy atom. The molecule has 5 heteroatoms. The molecule has 1 aliphatic rings. The molecule has 0 aromatic heterocycles. The molecule has 1 fully saturated rings. The largest absolute Gasteiger partial charge is 0.399 e. The zero-order valence-electron chi connectivity index (χ0n) is 14.2. The number of nitrogens with one attached hydrogen (secondary N) is 1. The third kappa shape index (κ3) is 4.97. The van der Waals surface area contributed by atoms with Crippen LogP contribution < -0.4 is 11.1 Å². The van der Waals surface area contributed by atoms with Crippen LogP contribution in [0.5, 0.6) is 0 Å². The molecule has 0 saturated carbocycles. The van der Waals surface area contributed by atoms with Gasteiger partial charge in [-0.2, -0.15) is 0 Å². The second kappa shape index (κ2) is 8.37. The average Bonchev–Trinajstić information content (AvgIpc) is 2.63. The van der Waals surface area contributed by atoms with Crippen LogP contribution in [0.2, 0.25) is 5.02 Å². The number of piperidine rings is 1. The van der Waals surface area contributed by atoms with Gasteiger partial charge in [0, 0.05) is 29.4 Å². The molecule has 0 aliphatic carbocycles. The van der Waals surface area contributed by atoms with Crippen LogP contribution in [0.4, 0.5) is 5.69 Å². The number of halogens is 1. The molecule has 132 valence electrons. The van der Waals surface area contributed by atoms with E-state index in [4.69, 9.17) is 17.3 Å². The highest BCUT2D eigenvalue weighted by molar-refractivity contribution is 6.31. The predicted octanol–water partition coefficient (Wildman–Crippen LogP) is 3.56. The Balaban J connectivity index is 1.43. The minimum Gasteiger partial charge on any atom is -0.399 e. The Morgan fingerprint density at radius 2 is 1.92 bits per heavy atom. The van der Waals surface area contributed by atoms with Gasteiger partial charge in [-0.3, -0.25) is 9.69 Å². The molecular weight excluding hydrogens is 334 g/mol. The quantitative estimate of drug-likeness (QED) is 0.804. The lowest BCUT2D eigenvalue weighted by molar-refractivity contribution is 0.0935. The van der Waals surface area contributed by atoms with Crippen LogP contribution in [0.3, 0.4) is 0 Å². The zero-order chi connectivity index (χ0) is 17.6. The number of hydrogen-bond donors (Lipinski definition) is 2. The number of hydrogen-bond acceptors (Lipinski definition) is 3. The van der Waals surface area contributed by atoms with Crippen molar-refractivity contribution in [2.75, 3.05) is 25.4 Å². The molecule has 0 atom stereocenters. The molecule has 0 spiro atoms. The van der Waals surface area contributed by atoms with E-state index in [1.807, 2.05) is 18.2 Å². The van der Waals surface area contributed by atoms with Gasteiger partial charge in [0.2, 0.25) is 0 Å². The molecule has 25 heavy (non-hydrogen) atoms. The summed E-state index contributed by atoms with van der Waals surface area (Å²) in [5.41, 5.74) is 8.14. The molecule has 4 nitrogen and oxygen atoms in total. The number of nitrogen functional groups attached to an aromatic ring is 1. The maximum atomic E-state index is 12.2. The lowest BCUT2D eigenvalue weighted by Gasteiger charge is -2.32. The highest BCUT2D eigenvalue weighted by atomic mass is 35.5. The SMILES string of the molecule is Nc1cccc(C(=O)NCC2CCN(Cc3ccccc3Cl)CC2)c1. The molecular formula is C20H24ClN3O. The van der Waals surface area contributed by atoms with E-state index < -0.39 is 0 Å². The van der Waals surface area contributed by atoms with E-state index in [0.717, 1.165) is 37.5 Å². The number of anilines is 1. The van der Waals surface area contributed by atoms with Crippen molar-refractivity contribution in [3.63, 3.8) is 0 Å². The summed E-state index contributed by atoms with van der Waals surface area (Å²) in [4.78, 5) is 14.6. The second-order valence-electron chi connectivity index (χ2n) is 6.65. The highest BCUT2D eigenvalue weighted by Gasteiger charge is 2.20. The summed E-state index contributed by atoms with van der Waals surface area (Å²) in [6, 6.07) is 15.1. The third-order valence-electron chi connectivity index (χ3n) is 4.76. The monoisotopic (exact) mass is 357 g/mol. The van der Waals surface area contributed by atoms with Gasteiger partial charge in [0.05, 0.1) is 0 Å². The van der Waals surface area contributed by atoms with Crippen molar-refractivity contribution in [1.82, 2.24) is 10.2 Å². The maximum Gasteiger partial charge on any atom is 0.251 e. The van der Waals surface area contributed by atoms with Crippen molar-refractivity contribution in [3.05, 3.63) is 64.7 Å². The standard InChI is InChI=1S/C20H24ClN3O/c21-19-7-2-1-4-17(19)14-24-10-8-15(9-11-24)13-23-20(25)16-5-3-6-18(22)12-16/h1-7,12,15H,8-11,13-14,22H2,(H,23,25). The predicted molar refractivity (Wildman–Crippen MR) is 103 cm³/mol.